The van der Waals surface area contributed by atoms with Crippen molar-refractivity contribution in [3.8, 4) is 0 Å². The topological polar surface area (TPSA) is 97.8 Å². The van der Waals surface area contributed by atoms with Crippen LogP contribution in [0.25, 0.3) is 0 Å². The summed E-state index contributed by atoms with van der Waals surface area (Å²) < 4.78 is 15.4. The van der Waals surface area contributed by atoms with Crippen molar-refractivity contribution < 1.29 is 23.3 Å². The first-order valence-electron chi connectivity index (χ1n) is 8.23. The highest BCUT2D eigenvalue weighted by Gasteiger charge is 2.20. The molecule has 0 spiro atoms. The van der Waals surface area contributed by atoms with Gasteiger partial charge < -0.3 is 13.7 Å². The predicted octanol–water partition coefficient (Wildman–Crippen LogP) is 2.73. The summed E-state index contributed by atoms with van der Waals surface area (Å²) in [4.78, 5) is 25.5. The van der Waals surface area contributed by atoms with Crippen LogP contribution in [0.5, 0.6) is 0 Å². The van der Waals surface area contributed by atoms with E-state index in [9.17, 15) is 9.59 Å². The number of ether oxygens (including phenoxy) is 1. The second kappa shape index (κ2) is 7.74. The molecule has 8 heteroatoms. The molecule has 0 saturated heterocycles. The highest BCUT2D eigenvalue weighted by molar-refractivity contribution is 5.91. The van der Waals surface area contributed by atoms with Gasteiger partial charge in [-0.25, -0.2) is 4.79 Å². The van der Waals surface area contributed by atoms with Gasteiger partial charge in [0.1, 0.15) is 17.1 Å². The van der Waals surface area contributed by atoms with E-state index in [1.165, 1.54) is 7.11 Å². The second-order valence-corrected chi connectivity index (χ2v) is 7.22. The highest BCUT2D eigenvalue weighted by Crippen LogP contribution is 2.23. The summed E-state index contributed by atoms with van der Waals surface area (Å²) in [6, 6.07) is 3.35. The molecule has 0 saturated carbocycles. The lowest BCUT2D eigenvalue weighted by Gasteiger charge is -2.14. The summed E-state index contributed by atoms with van der Waals surface area (Å²) >= 11 is 0. The number of nitrogens with zero attached hydrogens (tertiary/aromatic N) is 2. The van der Waals surface area contributed by atoms with Gasteiger partial charge in [0.05, 0.1) is 25.9 Å². The maximum Gasteiger partial charge on any atom is 0.341 e. The van der Waals surface area contributed by atoms with Crippen LogP contribution >= 0.6 is 0 Å². The van der Waals surface area contributed by atoms with E-state index in [4.69, 9.17) is 13.7 Å². The maximum atomic E-state index is 12.2. The molecule has 1 N–H and O–H groups in total. The average molecular weight is 363 g/mol. The molecule has 0 atom stereocenters. The van der Waals surface area contributed by atoms with Crippen molar-refractivity contribution in [2.45, 2.75) is 39.7 Å². The van der Waals surface area contributed by atoms with E-state index in [2.05, 4.69) is 10.5 Å². The Morgan fingerprint density at radius 2 is 2.00 bits per heavy atom. The number of likely N-dealkylation sites (N-methyl/N-ethyl adjacent to an activating group) is 1. The molecule has 2 rings (SSSR count). The minimum absolute atomic E-state index is 0.124. The van der Waals surface area contributed by atoms with Crippen molar-refractivity contribution in [3.63, 3.8) is 0 Å². The number of carbonyl (C=O) groups is 2. The van der Waals surface area contributed by atoms with Crippen molar-refractivity contribution in [3.05, 3.63) is 34.9 Å². The molecule has 0 unspecified atom stereocenters. The van der Waals surface area contributed by atoms with Crippen molar-refractivity contribution in [1.82, 2.24) is 10.1 Å². The number of rotatable bonds is 6. The van der Waals surface area contributed by atoms with E-state index < -0.39 is 5.97 Å². The molecule has 0 bridgehead atoms. The fourth-order valence-electron chi connectivity index (χ4n) is 2.37. The number of carbonyl (C=O) groups excluding carboxylic acids is 2. The Hall–Kier alpha value is -2.61. The molecule has 0 radical (unpaired) electrons. The van der Waals surface area contributed by atoms with E-state index in [0.29, 0.717) is 29.5 Å². The first-order valence-corrected chi connectivity index (χ1v) is 8.23. The Balaban J connectivity index is 1.91. The third kappa shape index (κ3) is 4.95. The quantitative estimate of drug-likeness (QED) is 0.788. The number of nitrogens with one attached hydrogen (secondary N) is 1. The van der Waals surface area contributed by atoms with Gasteiger partial charge in [-0.2, -0.15) is 0 Å². The molecule has 2 heterocycles. The van der Waals surface area contributed by atoms with Crippen LogP contribution in [0, 0.1) is 6.92 Å². The fraction of sp³-hybridized carbons (Fsp3) is 0.500. The molecule has 0 aliphatic carbocycles. The smallest absolute Gasteiger partial charge is 0.341 e. The lowest BCUT2D eigenvalue weighted by molar-refractivity contribution is -0.117. The third-order valence-electron chi connectivity index (χ3n) is 3.75. The molecule has 0 fully saturated rings. The standard InChI is InChI=1S/C18H25N3O5/c1-11-13(17(23)24-6)7-12(25-11)9-21(5)10-15(22)19-16-8-14(20-26-16)18(2,3)4/h7-8H,9-10H2,1-6H3,(H,19,22). The van der Waals surface area contributed by atoms with Crippen LogP contribution in [0.3, 0.4) is 0 Å². The van der Waals surface area contributed by atoms with E-state index in [0.717, 1.165) is 5.69 Å². The zero-order chi connectivity index (χ0) is 19.5. The monoisotopic (exact) mass is 363 g/mol. The first kappa shape index (κ1) is 19.7. The molecule has 2 aromatic rings. The van der Waals surface area contributed by atoms with Crippen molar-refractivity contribution >= 4 is 17.8 Å². The minimum atomic E-state index is -0.446. The molecule has 0 aliphatic heterocycles. The average Bonchev–Trinajstić information content (AvgIpc) is 3.12. The van der Waals surface area contributed by atoms with Crippen LogP contribution in [-0.4, -0.2) is 42.6 Å². The van der Waals surface area contributed by atoms with Crippen LogP contribution in [0.1, 0.15) is 48.3 Å². The zero-order valence-corrected chi connectivity index (χ0v) is 16.0. The van der Waals surface area contributed by atoms with Gasteiger partial charge in [0.2, 0.25) is 11.8 Å². The Bertz CT molecular complexity index is 785. The Morgan fingerprint density at radius 1 is 1.31 bits per heavy atom. The molecule has 8 nitrogen and oxygen atoms in total. The predicted molar refractivity (Wildman–Crippen MR) is 95.0 cm³/mol. The molecular weight excluding hydrogens is 338 g/mol. The number of furan rings is 1. The zero-order valence-electron chi connectivity index (χ0n) is 16.0. The van der Waals surface area contributed by atoms with Crippen LogP contribution in [0.15, 0.2) is 21.1 Å². The van der Waals surface area contributed by atoms with E-state index in [1.54, 1.807) is 31.0 Å². The van der Waals surface area contributed by atoms with Gasteiger partial charge in [-0.05, 0) is 20.0 Å². The molecule has 0 aromatic carbocycles. The number of esters is 1. The number of aryl methyl sites for hydroxylation is 1. The summed E-state index contributed by atoms with van der Waals surface area (Å²) in [6.45, 7) is 8.22. The van der Waals surface area contributed by atoms with Crippen LogP contribution < -0.4 is 5.32 Å². The lowest BCUT2D eigenvalue weighted by atomic mass is 9.92. The third-order valence-corrected chi connectivity index (χ3v) is 3.75. The fourth-order valence-corrected chi connectivity index (χ4v) is 2.37. The Kier molecular flexibility index (Phi) is 5.86. The molecule has 1 amide bonds. The molecule has 2 aromatic heterocycles. The van der Waals surface area contributed by atoms with Gasteiger partial charge in [0.15, 0.2) is 0 Å². The molecule has 26 heavy (non-hydrogen) atoms. The van der Waals surface area contributed by atoms with Crippen molar-refractivity contribution in [2.75, 3.05) is 26.0 Å². The van der Waals surface area contributed by atoms with Crippen molar-refractivity contribution in [1.29, 1.82) is 0 Å². The van der Waals surface area contributed by atoms with E-state index in [-0.39, 0.29) is 17.9 Å². The van der Waals surface area contributed by atoms with Crippen LogP contribution in [-0.2, 0) is 21.5 Å². The first-order chi connectivity index (χ1) is 12.1. The number of anilines is 1. The Labute approximate surface area is 152 Å². The van der Waals surface area contributed by atoms with Gasteiger partial charge >= 0.3 is 5.97 Å². The van der Waals surface area contributed by atoms with Gasteiger partial charge in [0.25, 0.3) is 0 Å². The molecule has 142 valence electrons. The number of methoxy groups -OCH3 is 1. The summed E-state index contributed by atoms with van der Waals surface area (Å²) in [5.41, 5.74) is 0.997. The largest absolute Gasteiger partial charge is 0.465 e. The highest BCUT2D eigenvalue weighted by atomic mass is 16.5. The minimum Gasteiger partial charge on any atom is -0.465 e. The second-order valence-electron chi connectivity index (χ2n) is 7.22. The number of hydrogen-bond donors (Lipinski definition) is 1. The molecular formula is C18H25N3O5. The van der Waals surface area contributed by atoms with Gasteiger partial charge in [-0.3, -0.25) is 15.0 Å². The lowest BCUT2D eigenvalue weighted by Crippen LogP contribution is -2.29. The van der Waals surface area contributed by atoms with Gasteiger partial charge in [0, 0.05) is 11.5 Å². The van der Waals surface area contributed by atoms with Crippen molar-refractivity contribution in [2.24, 2.45) is 0 Å². The van der Waals surface area contributed by atoms with Gasteiger partial charge in [-0.1, -0.05) is 25.9 Å². The number of aromatic nitrogens is 1. The number of hydrogen-bond acceptors (Lipinski definition) is 7. The van der Waals surface area contributed by atoms with E-state index in [1.807, 2.05) is 20.8 Å². The molecule has 0 aliphatic rings. The van der Waals surface area contributed by atoms with E-state index >= 15 is 0 Å². The van der Waals surface area contributed by atoms with Crippen LogP contribution in [0.2, 0.25) is 0 Å². The maximum absolute atomic E-state index is 12.2. The number of amides is 1. The SMILES string of the molecule is COC(=O)c1cc(CN(C)CC(=O)Nc2cc(C(C)(C)C)no2)oc1C. The summed E-state index contributed by atoms with van der Waals surface area (Å²) in [6.07, 6.45) is 0. The summed E-state index contributed by atoms with van der Waals surface area (Å²) in [7, 11) is 3.09. The Morgan fingerprint density at radius 3 is 2.58 bits per heavy atom. The van der Waals surface area contributed by atoms with Crippen LogP contribution in [0.4, 0.5) is 5.88 Å². The summed E-state index contributed by atoms with van der Waals surface area (Å²) in [5.74, 6) is 0.697. The normalized spacial score (nSPS) is 11.7. The summed E-state index contributed by atoms with van der Waals surface area (Å²) in [5, 5.41) is 6.64. The van der Waals surface area contributed by atoms with Gasteiger partial charge in [-0.15, -0.1) is 0 Å².